The fraction of sp³-hybridized carbons (Fsp3) is 0.714. The molecule has 23 heavy (non-hydrogen) atoms. The molecule has 2 N–H and O–H groups in total. The molecule has 0 aliphatic carbocycles. The van der Waals surface area contributed by atoms with Gasteiger partial charge < -0.3 is 15.3 Å². The van der Waals surface area contributed by atoms with E-state index >= 15 is 0 Å². The largest absolute Gasteiger partial charge is 0.424 e. The van der Waals surface area contributed by atoms with Gasteiger partial charge in [-0.05, 0) is 39.9 Å². The molecule has 130 valence electrons. The third-order valence-electron chi connectivity index (χ3n) is 3.94. The van der Waals surface area contributed by atoms with E-state index in [0.29, 0.717) is 29.9 Å². The molecular weight excluding hydrogens is 331 g/mol. The summed E-state index contributed by atoms with van der Waals surface area (Å²) in [7, 11) is 1.95. The second-order valence-electron chi connectivity index (χ2n) is 5.97. The zero-order valence-electron chi connectivity index (χ0n) is 13.0. The maximum absolute atomic E-state index is 13.3. The third kappa shape index (κ3) is 4.21. The van der Waals surface area contributed by atoms with Crippen LogP contribution in [-0.4, -0.2) is 53.3 Å². The number of amides is 1. The maximum atomic E-state index is 13.3. The van der Waals surface area contributed by atoms with E-state index in [2.05, 4.69) is 15.2 Å². The number of nitrogens with zero attached hydrogens (tertiary/aromatic N) is 2. The first-order chi connectivity index (χ1) is 10.6. The summed E-state index contributed by atoms with van der Waals surface area (Å²) in [5, 5.41) is 13.6. The molecule has 1 saturated heterocycles. The standard InChI is InChI=1S/C14H20F3N3O2S/c1-9-8-23-12(18-9)13(22,14(15,16)17)7-11(21)19-10-3-5-20(2)6-4-10/h8,10,22H,3-7H2,1-2H3,(H,19,21). The monoisotopic (exact) mass is 351 g/mol. The second kappa shape index (κ2) is 6.74. The van der Waals surface area contributed by atoms with Crippen molar-refractivity contribution in [3.05, 3.63) is 16.1 Å². The predicted octanol–water partition coefficient (Wildman–Crippen LogP) is 1.80. The molecule has 1 fully saturated rings. The van der Waals surface area contributed by atoms with Gasteiger partial charge in [-0.1, -0.05) is 0 Å². The zero-order valence-corrected chi connectivity index (χ0v) is 13.8. The number of aliphatic hydroxyl groups is 1. The van der Waals surface area contributed by atoms with Crippen LogP contribution in [-0.2, 0) is 10.4 Å². The quantitative estimate of drug-likeness (QED) is 0.868. The van der Waals surface area contributed by atoms with Crippen LogP contribution in [0.5, 0.6) is 0 Å². The van der Waals surface area contributed by atoms with Gasteiger partial charge in [-0.15, -0.1) is 11.3 Å². The summed E-state index contributed by atoms with van der Waals surface area (Å²) >= 11 is 0.704. The number of hydrogen-bond donors (Lipinski definition) is 2. The molecule has 2 rings (SSSR count). The molecule has 0 spiro atoms. The van der Waals surface area contributed by atoms with Gasteiger partial charge in [-0.2, -0.15) is 13.2 Å². The Morgan fingerprint density at radius 3 is 2.57 bits per heavy atom. The Kier molecular flexibility index (Phi) is 5.32. The average Bonchev–Trinajstić information content (AvgIpc) is 2.87. The number of carbonyl (C=O) groups is 1. The van der Waals surface area contributed by atoms with Crippen LogP contribution in [0.1, 0.15) is 30.0 Å². The van der Waals surface area contributed by atoms with Crippen molar-refractivity contribution >= 4 is 17.2 Å². The van der Waals surface area contributed by atoms with E-state index < -0.39 is 29.1 Å². The number of alkyl halides is 3. The van der Waals surface area contributed by atoms with E-state index in [1.54, 1.807) is 0 Å². The number of nitrogens with one attached hydrogen (secondary N) is 1. The Hall–Kier alpha value is -1.19. The highest BCUT2D eigenvalue weighted by Gasteiger charge is 2.58. The summed E-state index contributed by atoms with van der Waals surface area (Å²) in [4.78, 5) is 17.8. The van der Waals surface area contributed by atoms with Gasteiger partial charge in [0, 0.05) is 17.1 Å². The van der Waals surface area contributed by atoms with E-state index in [1.807, 2.05) is 7.05 Å². The lowest BCUT2D eigenvalue weighted by Crippen LogP contribution is -2.49. The molecule has 1 aliphatic heterocycles. The molecule has 1 unspecified atom stereocenters. The molecule has 1 aliphatic rings. The van der Waals surface area contributed by atoms with Gasteiger partial charge >= 0.3 is 6.18 Å². The number of aromatic nitrogens is 1. The molecule has 1 atom stereocenters. The molecule has 9 heteroatoms. The summed E-state index contributed by atoms with van der Waals surface area (Å²) in [6.45, 7) is 3.09. The Morgan fingerprint density at radius 1 is 1.48 bits per heavy atom. The highest BCUT2D eigenvalue weighted by Crippen LogP contribution is 2.42. The predicted molar refractivity (Wildman–Crippen MR) is 80.1 cm³/mol. The van der Waals surface area contributed by atoms with E-state index in [1.165, 1.54) is 12.3 Å². The van der Waals surface area contributed by atoms with E-state index in [9.17, 15) is 23.1 Å². The lowest BCUT2D eigenvalue weighted by molar-refractivity contribution is -0.267. The average molecular weight is 351 g/mol. The SMILES string of the molecule is Cc1csc(C(O)(CC(=O)NC2CCN(C)CC2)C(F)(F)F)n1. The Morgan fingerprint density at radius 2 is 2.09 bits per heavy atom. The van der Waals surface area contributed by atoms with Crippen LogP contribution < -0.4 is 5.32 Å². The molecule has 0 bridgehead atoms. The highest BCUT2D eigenvalue weighted by molar-refractivity contribution is 7.09. The first-order valence-electron chi connectivity index (χ1n) is 7.31. The topological polar surface area (TPSA) is 65.5 Å². The molecular formula is C14H20F3N3O2S. The number of hydrogen-bond acceptors (Lipinski definition) is 5. The van der Waals surface area contributed by atoms with Crippen molar-refractivity contribution in [3.63, 3.8) is 0 Å². The summed E-state index contributed by atoms with van der Waals surface area (Å²) in [5.41, 5.74) is -2.87. The minimum Gasteiger partial charge on any atom is -0.374 e. The van der Waals surface area contributed by atoms with Crippen molar-refractivity contribution in [2.45, 2.75) is 44.0 Å². The second-order valence-corrected chi connectivity index (χ2v) is 6.83. The maximum Gasteiger partial charge on any atom is 0.424 e. The fourth-order valence-electron chi connectivity index (χ4n) is 2.51. The van der Waals surface area contributed by atoms with Crippen LogP contribution in [0.3, 0.4) is 0 Å². The summed E-state index contributed by atoms with van der Waals surface area (Å²) in [5.74, 6) is -0.813. The minimum absolute atomic E-state index is 0.158. The van der Waals surface area contributed by atoms with Crippen molar-refractivity contribution in [1.29, 1.82) is 0 Å². The molecule has 0 aromatic carbocycles. The van der Waals surface area contributed by atoms with Crippen LogP contribution in [0.2, 0.25) is 0 Å². The fourth-order valence-corrected chi connectivity index (χ4v) is 3.42. The van der Waals surface area contributed by atoms with E-state index in [0.717, 1.165) is 13.1 Å². The summed E-state index contributed by atoms with van der Waals surface area (Å²) in [6, 6.07) is -0.158. The number of rotatable bonds is 4. The summed E-state index contributed by atoms with van der Waals surface area (Å²) < 4.78 is 40.0. The van der Waals surface area contributed by atoms with Crippen molar-refractivity contribution in [2.24, 2.45) is 0 Å². The van der Waals surface area contributed by atoms with Crippen LogP contribution in [0, 0.1) is 6.92 Å². The molecule has 0 saturated carbocycles. The number of thiazole rings is 1. The van der Waals surface area contributed by atoms with Crippen LogP contribution in [0.15, 0.2) is 5.38 Å². The van der Waals surface area contributed by atoms with E-state index in [-0.39, 0.29) is 6.04 Å². The number of piperidine rings is 1. The Labute approximate surface area is 136 Å². The zero-order chi connectivity index (χ0) is 17.3. The first kappa shape index (κ1) is 18.2. The van der Waals surface area contributed by atoms with Gasteiger partial charge in [0.05, 0.1) is 6.42 Å². The Balaban J connectivity index is 2.08. The molecule has 2 heterocycles. The normalized spacial score (nSPS) is 20.3. The Bertz CT molecular complexity index is 556. The number of halogens is 3. The smallest absolute Gasteiger partial charge is 0.374 e. The van der Waals surface area contributed by atoms with Gasteiger partial charge in [0.2, 0.25) is 11.5 Å². The van der Waals surface area contributed by atoms with Crippen LogP contribution in [0.4, 0.5) is 13.2 Å². The summed E-state index contributed by atoms with van der Waals surface area (Å²) in [6.07, 6.45) is -4.68. The van der Waals surface area contributed by atoms with Gasteiger partial charge in [0.15, 0.2) is 0 Å². The van der Waals surface area contributed by atoms with Gasteiger partial charge in [-0.3, -0.25) is 4.79 Å². The third-order valence-corrected chi connectivity index (χ3v) is 5.05. The van der Waals surface area contributed by atoms with Crippen molar-refractivity contribution < 1.29 is 23.1 Å². The molecule has 1 amide bonds. The van der Waals surface area contributed by atoms with E-state index in [4.69, 9.17) is 0 Å². The molecule has 5 nitrogen and oxygen atoms in total. The highest BCUT2D eigenvalue weighted by atomic mass is 32.1. The van der Waals surface area contributed by atoms with Crippen molar-refractivity contribution in [1.82, 2.24) is 15.2 Å². The van der Waals surface area contributed by atoms with Gasteiger partial charge in [0.1, 0.15) is 5.01 Å². The minimum atomic E-state index is -4.97. The van der Waals surface area contributed by atoms with Crippen LogP contribution >= 0.6 is 11.3 Å². The van der Waals surface area contributed by atoms with Crippen molar-refractivity contribution in [3.8, 4) is 0 Å². The van der Waals surface area contributed by atoms with Crippen molar-refractivity contribution in [2.75, 3.05) is 20.1 Å². The van der Waals surface area contributed by atoms with Gasteiger partial charge in [0.25, 0.3) is 0 Å². The number of aryl methyl sites for hydroxylation is 1. The lowest BCUT2D eigenvalue weighted by Gasteiger charge is -2.31. The molecule has 1 aromatic rings. The molecule has 0 radical (unpaired) electrons. The first-order valence-corrected chi connectivity index (χ1v) is 8.19. The number of carbonyl (C=O) groups excluding carboxylic acids is 1. The lowest BCUT2D eigenvalue weighted by atomic mass is 9.98. The van der Waals surface area contributed by atoms with Gasteiger partial charge in [-0.25, -0.2) is 4.98 Å². The number of likely N-dealkylation sites (tertiary alicyclic amines) is 1. The molecule has 1 aromatic heterocycles. The van der Waals surface area contributed by atoms with Crippen LogP contribution in [0.25, 0.3) is 0 Å².